The van der Waals surface area contributed by atoms with Gasteiger partial charge in [-0.2, -0.15) is 0 Å². The predicted molar refractivity (Wildman–Crippen MR) is 16.7 cm³/mol. The van der Waals surface area contributed by atoms with Crippen LogP contribution in [0, 0.1) is 0 Å². The summed E-state index contributed by atoms with van der Waals surface area (Å²) in [6, 6.07) is 0. The van der Waals surface area contributed by atoms with Crippen LogP contribution in [0.1, 0.15) is 0 Å². The fourth-order valence-corrected chi connectivity index (χ4v) is 0. The molecule has 0 radical (unpaired) electrons. The van der Waals surface area contributed by atoms with Crippen LogP contribution in [0.25, 0.3) is 0 Å². The van der Waals surface area contributed by atoms with Gasteiger partial charge in [-0.25, -0.2) is 0 Å². The molecule has 0 aromatic rings. The van der Waals surface area contributed by atoms with Crippen LogP contribution in [0.4, 0.5) is 4.79 Å². The van der Waals surface area contributed by atoms with Gasteiger partial charge in [0.15, 0.2) is 0 Å². The van der Waals surface area contributed by atoms with Gasteiger partial charge in [-0.3, -0.25) is 0 Å². The first-order valence-corrected chi connectivity index (χ1v) is 1.11. The average molecular weight is 102 g/mol. The summed E-state index contributed by atoms with van der Waals surface area (Å²) in [5, 5.41) is 16.7. The second kappa shape index (κ2) is 27.0. The van der Waals surface area contributed by atoms with Crippen molar-refractivity contribution in [3.8, 4) is 0 Å². The summed E-state index contributed by atoms with van der Waals surface area (Å²) in [6.45, 7) is 6.00. The van der Waals surface area contributed by atoms with Crippen LogP contribution >= 0.6 is 0 Å². The molecule has 36 valence electrons. The smallest absolute Gasteiger partial charge is 0.652 e. The third-order valence-corrected chi connectivity index (χ3v) is 0. The topological polar surface area (TPSA) is 63.2 Å². The van der Waals surface area contributed by atoms with E-state index in [-0.39, 0.29) is 37.7 Å². The number of carbonyl (C=O) groups is 1. The van der Waals surface area contributed by atoms with E-state index in [4.69, 9.17) is 15.0 Å². The second-order valence-corrected chi connectivity index (χ2v) is 0.250. The quantitative estimate of drug-likeness (QED) is 0.225. The van der Waals surface area contributed by atoms with Crippen LogP contribution in [0.3, 0.4) is 0 Å². The van der Waals surface area contributed by atoms with E-state index in [2.05, 4.69) is 13.2 Å². The molecule has 0 unspecified atom stereocenters. The number of rotatable bonds is 0. The maximum atomic E-state index is 8.33. The molecule has 0 atom stereocenters. The van der Waals surface area contributed by atoms with Gasteiger partial charge in [0.2, 0.25) is 0 Å². The standard InChI is InChI=1S/C2H4.CH2O3.2Li/c1-2;2-1(3)4;;/h1-2H2;(H2,2,3,4);;/q;;2*+1/p-2. The van der Waals surface area contributed by atoms with Gasteiger partial charge >= 0.3 is 37.7 Å². The van der Waals surface area contributed by atoms with E-state index in [1.807, 2.05) is 0 Å². The summed E-state index contributed by atoms with van der Waals surface area (Å²) >= 11 is 0. The molecule has 3 nitrogen and oxygen atoms in total. The van der Waals surface area contributed by atoms with E-state index < -0.39 is 6.16 Å². The molecule has 0 aromatic carbocycles. The Bertz CT molecular complexity index is 43.8. The SMILES string of the molecule is C=C.O=C([O-])[O-].[Li+].[Li+]. The van der Waals surface area contributed by atoms with Gasteiger partial charge in [-0.1, -0.05) is 0 Å². The molecule has 0 rings (SSSR count). The van der Waals surface area contributed by atoms with E-state index >= 15 is 0 Å². The summed E-state index contributed by atoms with van der Waals surface area (Å²) in [5.41, 5.74) is 0. The summed E-state index contributed by atoms with van der Waals surface area (Å²) < 4.78 is 0. The average Bonchev–Trinajstić information content (AvgIpc) is 1.41. The molecule has 0 aliphatic rings. The third-order valence-electron chi connectivity index (χ3n) is 0. The van der Waals surface area contributed by atoms with Gasteiger partial charge in [0, 0.05) is 0 Å². The van der Waals surface area contributed by atoms with Gasteiger partial charge in [0.1, 0.15) is 0 Å². The first-order valence-electron chi connectivity index (χ1n) is 1.11. The van der Waals surface area contributed by atoms with Crippen molar-refractivity contribution in [1.29, 1.82) is 0 Å². The van der Waals surface area contributed by atoms with Crippen LogP contribution in [0.2, 0.25) is 0 Å². The Kier molecular flexibility index (Phi) is 81.3. The molecule has 8 heavy (non-hydrogen) atoms. The minimum absolute atomic E-state index is 0. The fourth-order valence-electron chi connectivity index (χ4n) is 0. The molecule has 0 heterocycles. The molecule has 0 fully saturated rings. The Morgan fingerprint density at radius 2 is 1.12 bits per heavy atom. The maximum absolute atomic E-state index is 8.33. The Balaban J connectivity index is -0.0000000183. The van der Waals surface area contributed by atoms with E-state index in [1.165, 1.54) is 0 Å². The van der Waals surface area contributed by atoms with Crippen molar-refractivity contribution in [3.63, 3.8) is 0 Å². The number of carboxylic acid groups (broad SMARTS) is 2. The molecule has 0 saturated heterocycles. The molecule has 0 aliphatic carbocycles. The number of hydrogen-bond acceptors (Lipinski definition) is 3. The molecular formula is C3H4Li2O3. The van der Waals surface area contributed by atoms with Crippen molar-refractivity contribution in [2.24, 2.45) is 0 Å². The molecular weight excluding hydrogens is 97.9 g/mol. The van der Waals surface area contributed by atoms with Gasteiger partial charge in [-0.05, 0) is 6.16 Å². The summed E-state index contributed by atoms with van der Waals surface area (Å²) in [4.78, 5) is 8.33. The van der Waals surface area contributed by atoms with Crippen LogP contribution < -0.4 is 47.9 Å². The monoisotopic (exact) mass is 102 g/mol. The Morgan fingerprint density at radius 1 is 1.12 bits per heavy atom. The molecule has 0 saturated carbocycles. The van der Waals surface area contributed by atoms with E-state index in [9.17, 15) is 0 Å². The first-order chi connectivity index (χ1) is 2.73. The van der Waals surface area contributed by atoms with Crippen LogP contribution in [0.5, 0.6) is 0 Å². The van der Waals surface area contributed by atoms with Gasteiger partial charge < -0.3 is 15.0 Å². The normalized spacial score (nSPS) is 3.50. The fraction of sp³-hybridized carbons (Fsp3) is 0. The zero-order chi connectivity index (χ0) is 5.58. The minimum Gasteiger partial charge on any atom is -0.652 e. The van der Waals surface area contributed by atoms with Crippen molar-refractivity contribution in [2.75, 3.05) is 0 Å². The maximum Gasteiger partial charge on any atom is 1.00 e. The van der Waals surface area contributed by atoms with Crippen LogP contribution in [-0.4, -0.2) is 6.16 Å². The third kappa shape index (κ3) is 4010. The van der Waals surface area contributed by atoms with E-state index in [0.29, 0.717) is 0 Å². The Morgan fingerprint density at radius 3 is 1.12 bits per heavy atom. The first kappa shape index (κ1) is 24.1. The molecule has 0 N–H and O–H groups in total. The van der Waals surface area contributed by atoms with Crippen molar-refractivity contribution in [2.45, 2.75) is 0 Å². The molecule has 0 aromatic heterocycles. The van der Waals surface area contributed by atoms with Crippen molar-refractivity contribution >= 4 is 6.16 Å². The zero-order valence-electron chi connectivity index (χ0n) is 5.14. The summed E-state index contributed by atoms with van der Waals surface area (Å²) in [5.74, 6) is 0. The van der Waals surface area contributed by atoms with Crippen LogP contribution in [0.15, 0.2) is 13.2 Å². The Hall–Kier alpha value is 0.205. The van der Waals surface area contributed by atoms with Crippen molar-refractivity contribution < 1.29 is 52.7 Å². The van der Waals surface area contributed by atoms with E-state index in [1.54, 1.807) is 0 Å². The number of hydrogen-bond donors (Lipinski definition) is 0. The van der Waals surface area contributed by atoms with Crippen molar-refractivity contribution in [1.82, 2.24) is 0 Å². The Labute approximate surface area is 72.1 Å². The van der Waals surface area contributed by atoms with Gasteiger partial charge in [0.05, 0.1) is 0 Å². The summed E-state index contributed by atoms with van der Waals surface area (Å²) in [6.07, 6.45) is -2.33. The molecule has 0 bridgehead atoms. The van der Waals surface area contributed by atoms with E-state index in [0.717, 1.165) is 0 Å². The molecule has 5 heteroatoms. The second-order valence-electron chi connectivity index (χ2n) is 0.250. The molecule has 0 amide bonds. The predicted octanol–water partition coefficient (Wildman–Crippen LogP) is -7.64. The largest absolute Gasteiger partial charge is 1.00 e. The van der Waals surface area contributed by atoms with Gasteiger partial charge in [0.25, 0.3) is 0 Å². The van der Waals surface area contributed by atoms with Crippen LogP contribution in [-0.2, 0) is 0 Å². The molecule has 0 spiro atoms. The summed E-state index contributed by atoms with van der Waals surface area (Å²) in [7, 11) is 0. The minimum atomic E-state index is -2.33. The zero-order valence-corrected chi connectivity index (χ0v) is 5.14. The van der Waals surface area contributed by atoms with Crippen molar-refractivity contribution in [3.05, 3.63) is 13.2 Å². The molecule has 0 aliphatic heterocycles. The van der Waals surface area contributed by atoms with Gasteiger partial charge in [-0.15, -0.1) is 13.2 Å². The number of carbonyl (C=O) groups excluding carboxylic acids is 1.